The molecule has 0 aromatic heterocycles. The van der Waals surface area contributed by atoms with E-state index in [0.29, 0.717) is 6.42 Å². The number of thioether (sulfide) groups is 2. The summed E-state index contributed by atoms with van der Waals surface area (Å²) in [5.41, 5.74) is 1.56. The largest absolute Gasteiger partial charge is 0.460 e. The van der Waals surface area contributed by atoms with Crippen LogP contribution in [0.3, 0.4) is 0 Å². The van der Waals surface area contributed by atoms with Crippen LogP contribution in [0.2, 0.25) is 0 Å². The summed E-state index contributed by atoms with van der Waals surface area (Å²) in [4.78, 5) is 142. The number of allylic oxidation sites excluding steroid dienone is 2. The number of rotatable bonds is 17. The Labute approximate surface area is 495 Å². The maximum absolute atomic E-state index is 13.6. The van der Waals surface area contributed by atoms with Crippen LogP contribution in [0.25, 0.3) is 0 Å². The Balaban J connectivity index is 0.000000436. The number of benzene rings is 2. The van der Waals surface area contributed by atoms with Crippen molar-refractivity contribution in [1.29, 1.82) is 0 Å². The van der Waals surface area contributed by atoms with E-state index in [1.54, 1.807) is 52.0 Å². The molecule has 0 radical (unpaired) electrons. The number of aliphatic hydroxyl groups excluding tert-OH is 1. The highest BCUT2D eigenvalue weighted by Gasteiger charge is 2.37. The number of hydrogen-bond donors (Lipinski definition) is 7. The maximum Gasteiger partial charge on any atom is 0.310 e. The molecule has 0 saturated carbocycles. The van der Waals surface area contributed by atoms with Gasteiger partial charge in [-0.15, -0.1) is 0 Å². The van der Waals surface area contributed by atoms with Crippen LogP contribution in [0.5, 0.6) is 0 Å². The average molecular weight is 1190 g/mol. The molecule has 7 N–H and O–H groups in total. The molecule has 4 rings (SSSR count). The van der Waals surface area contributed by atoms with Crippen LogP contribution in [0, 0.1) is 11.8 Å². The van der Waals surface area contributed by atoms with Gasteiger partial charge in [0.15, 0.2) is 10.2 Å². The van der Waals surface area contributed by atoms with Gasteiger partial charge in [0.05, 0.1) is 43.9 Å². The zero-order chi connectivity index (χ0) is 61.6. The monoisotopic (exact) mass is 1190 g/mol. The first kappa shape index (κ1) is 70.4. The predicted octanol–water partition coefficient (Wildman–Crippen LogP) is 4.65. The quantitative estimate of drug-likeness (QED) is 0.0644. The molecular weight excluding hydrogens is 1110 g/mol. The van der Waals surface area contributed by atoms with Crippen LogP contribution in [0.1, 0.15) is 125 Å². The Morgan fingerprint density at radius 3 is 1.31 bits per heavy atom. The molecule has 2 aliphatic rings. The average Bonchev–Trinajstić information content (AvgIpc) is 3.75. The minimum Gasteiger partial charge on any atom is -0.460 e. The number of nitrogens with one attached hydrogen (secondary N) is 6. The lowest BCUT2D eigenvalue weighted by Gasteiger charge is -2.31. The van der Waals surface area contributed by atoms with E-state index in [2.05, 4.69) is 31.9 Å². The van der Waals surface area contributed by atoms with Crippen molar-refractivity contribution in [1.82, 2.24) is 31.9 Å². The molecule has 83 heavy (non-hydrogen) atoms. The number of unbranched alkanes of at least 4 members (excludes halogenated alkanes) is 2. The Kier molecular flexibility index (Phi) is 31.7. The molecule has 2 heterocycles. The molecule has 2 saturated heterocycles. The summed E-state index contributed by atoms with van der Waals surface area (Å²) in [6.45, 7) is 15.0. The van der Waals surface area contributed by atoms with E-state index in [-0.39, 0.29) is 65.7 Å². The highest BCUT2D eigenvalue weighted by molar-refractivity contribution is 8.13. The molecule has 0 aliphatic carbocycles. The number of amides is 6. The van der Waals surface area contributed by atoms with E-state index >= 15 is 0 Å². The van der Waals surface area contributed by atoms with Gasteiger partial charge >= 0.3 is 17.9 Å². The highest BCUT2D eigenvalue weighted by atomic mass is 32.2. The van der Waals surface area contributed by atoms with E-state index in [4.69, 9.17) is 14.2 Å². The standard InChI is InChI=1S/C31H43N3O8S.C29H41N3O7S/c1-6-7-9-14-23-16-27(37)32-24(15-22-12-10-8-11-13-22)30(39)33-25(18-43-21(5)36)31(40)34-29(19(2)3)26(41-20(4)35)17-28(38)42-23;1-5-6-8-13-21-15-25(35)30-22(14-20-11-9-7-10-12-20)28(37)31-23(17-40-19(4)33)29(38)32-27(18(2)3)24(34)16-26(36)39-21/h8-14,19,23-26,29H,6-7,15-18H2,1-5H3,(H,32,37)(H,33,39)(H,34,40);7-13,18,21-24,27,34H,5-6,14-17H2,1-4H3,(H,30,35)(H,31,37)(H,32,38)/b14-9+;13-8+/t23-,24-,25-,26+,29-;21-,22-,23-,24+,27-/m11/s1. The number of carbonyl (C=O) groups excluding carboxylic acids is 11. The molecule has 0 unspecified atom stereocenters. The fourth-order valence-electron chi connectivity index (χ4n) is 8.71. The summed E-state index contributed by atoms with van der Waals surface area (Å²) in [6.07, 6.45) is 4.83. The Bertz CT molecular complexity index is 2550. The lowest BCUT2D eigenvalue weighted by Crippen LogP contribution is -2.58. The van der Waals surface area contributed by atoms with Crippen molar-refractivity contribution in [2.24, 2.45) is 11.8 Å². The molecule has 0 spiro atoms. The summed E-state index contributed by atoms with van der Waals surface area (Å²) in [7, 11) is 0. The Morgan fingerprint density at radius 1 is 0.554 bits per heavy atom. The van der Waals surface area contributed by atoms with Crippen LogP contribution in [0.4, 0.5) is 0 Å². The van der Waals surface area contributed by atoms with Gasteiger partial charge in [0.25, 0.3) is 0 Å². The van der Waals surface area contributed by atoms with Crippen LogP contribution in [-0.2, 0) is 79.8 Å². The van der Waals surface area contributed by atoms with Crippen LogP contribution in [0.15, 0.2) is 85.0 Å². The first-order valence-corrected chi connectivity index (χ1v) is 30.1. The zero-order valence-electron chi connectivity index (χ0n) is 49.0. The van der Waals surface area contributed by atoms with Gasteiger partial charge in [-0.25, -0.2) is 0 Å². The number of hydrogen-bond acceptors (Lipinski definition) is 17. The van der Waals surface area contributed by atoms with E-state index in [1.807, 2.05) is 74.5 Å². The molecule has 2 fully saturated rings. The predicted molar refractivity (Wildman–Crippen MR) is 316 cm³/mol. The Morgan fingerprint density at radius 2 is 0.940 bits per heavy atom. The second-order valence-corrected chi connectivity index (χ2v) is 23.3. The third kappa shape index (κ3) is 27.4. The van der Waals surface area contributed by atoms with Crippen LogP contribution < -0.4 is 31.9 Å². The third-order valence-electron chi connectivity index (χ3n) is 12.9. The van der Waals surface area contributed by atoms with Crippen molar-refractivity contribution in [2.75, 3.05) is 11.5 Å². The van der Waals surface area contributed by atoms with Gasteiger partial charge in [-0.05, 0) is 48.0 Å². The first-order valence-electron chi connectivity index (χ1n) is 28.1. The van der Waals surface area contributed by atoms with Crippen molar-refractivity contribution in [3.63, 3.8) is 0 Å². The lowest BCUT2D eigenvalue weighted by molar-refractivity contribution is -0.159. The second kappa shape index (κ2) is 37.4. The van der Waals surface area contributed by atoms with Gasteiger partial charge in [0.1, 0.15) is 42.5 Å². The summed E-state index contributed by atoms with van der Waals surface area (Å²) in [5, 5.41) is 26.8. The molecule has 2 aromatic carbocycles. The van der Waals surface area contributed by atoms with Crippen LogP contribution in [-0.4, -0.2) is 141 Å². The van der Waals surface area contributed by atoms with Crippen molar-refractivity contribution in [3.05, 3.63) is 96.1 Å². The highest BCUT2D eigenvalue weighted by Crippen LogP contribution is 2.20. The van der Waals surface area contributed by atoms with Crippen molar-refractivity contribution >= 4 is 87.1 Å². The molecule has 21 nitrogen and oxygen atoms in total. The normalized spacial score (nSPS) is 24.8. The van der Waals surface area contributed by atoms with Gasteiger partial charge in [-0.3, -0.25) is 52.7 Å². The van der Waals surface area contributed by atoms with Crippen LogP contribution >= 0.6 is 23.5 Å². The minimum absolute atomic E-state index is 0.0494. The summed E-state index contributed by atoms with van der Waals surface area (Å²) in [6, 6.07) is 12.1. The van der Waals surface area contributed by atoms with Gasteiger partial charge < -0.3 is 51.2 Å². The second-order valence-electron chi connectivity index (χ2n) is 20.9. The van der Waals surface area contributed by atoms with E-state index in [9.17, 15) is 57.8 Å². The van der Waals surface area contributed by atoms with E-state index in [1.165, 1.54) is 20.8 Å². The minimum atomic E-state index is -1.28. The summed E-state index contributed by atoms with van der Waals surface area (Å²) < 4.78 is 16.6. The molecular formula is C60H84N6O15S2. The van der Waals surface area contributed by atoms with Gasteiger partial charge in [-0.1, -0.05) is 151 Å². The smallest absolute Gasteiger partial charge is 0.310 e. The maximum atomic E-state index is 13.6. The first-order chi connectivity index (χ1) is 39.4. The fourth-order valence-corrected chi connectivity index (χ4v) is 9.98. The summed E-state index contributed by atoms with van der Waals surface area (Å²) in [5.74, 6) is -6.34. The number of cyclic esters (lactones) is 2. The van der Waals surface area contributed by atoms with E-state index in [0.717, 1.165) is 53.9 Å². The van der Waals surface area contributed by atoms with Crippen molar-refractivity contribution in [3.8, 4) is 0 Å². The number of carbonyl (C=O) groups is 11. The Hall–Kier alpha value is -6.85. The number of esters is 3. The van der Waals surface area contributed by atoms with E-state index < -0.39 is 120 Å². The molecule has 23 heteroatoms. The molecule has 6 amide bonds. The fraction of sp³-hybridized carbons (Fsp3) is 0.550. The van der Waals surface area contributed by atoms with Gasteiger partial charge in [-0.2, -0.15) is 0 Å². The topological polar surface area (TPSA) is 308 Å². The molecule has 10 atom stereocenters. The van der Waals surface area contributed by atoms with Crippen molar-refractivity contribution in [2.45, 2.75) is 187 Å². The van der Waals surface area contributed by atoms with Gasteiger partial charge in [0, 0.05) is 45.1 Å². The van der Waals surface area contributed by atoms with Gasteiger partial charge in [0.2, 0.25) is 35.4 Å². The lowest BCUT2D eigenvalue weighted by atomic mass is 9.95. The molecule has 456 valence electrons. The third-order valence-corrected chi connectivity index (χ3v) is 14.7. The summed E-state index contributed by atoms with van der Waals surface area (Å²) >= 11 is 1.73. The number of aliphatic hydroxyl groups is 1. The molecule has 0 bridgehead atoms. The van der Waals surface area contributed by atoms with Crippen molar-refractivity contribution < 1.29 is 72.1 Å². The molecule has 2 aromatic rings. The number of ether oxygens (including phenoxy) is 3. The molecule has 2 aliphatic heterocycles. The zero-order valence-corrected chi connectivity index (χ0v) is 50.6. The SMILES string of the molecule is CCC/C=C/[C@@H]1CC(=O)N[C@H](Cc2ccccc2)C(=O)N[C@H](CSC(C)=O)C(=O)N[C@H](C(C)C)[C@@H](O)CC(=O)O1.CCC/C=C/[C@@H]1CC(=O)N[C@H](Cc2ccccc2)C(=O)N[C@H](CSC(C)=O)C(=O)N[C@H](C(C)C)[C@@H](OC(C)=O)CC(=O)O1.